The van der Waals surface area contributed by atoms with E-state index in [0.29, 0.717) is 24.0 Å². The molecule has 8 heteroatoms. The van der Waals surface area contributed by atoms with Crippen LogP contribution in [0.3, 0.4) is 0 Å². The highest BCUT2D eigenvalue weighted by atomic mass is 32.1. The molecule has 0 spiro atoms. The van der Waals surface area contributed by atoms with Crippen molar-refractivity contribution in [1.82, 2.24) is 9.80 Å². The normalized spacial score (nSPS) is 23.0. The van der Waals surface area contributed by atoms with Gasteiger partial charge in [-0.3, -0.25) is 9.59 Å². The van der Waals surface area contributed by atoms with Gasteiger partial charge in [-0.05, 0) is 30.8 Å². The summed E-state index contributed by atoms with van der Waals surface area (Å²) in [7, 11) is 1.60. The van der Waals surface area contributed by atoms with Crippen LogP contribution in [0.1, 0.15) is 12.8 Å². The molecule has 2 heterocycles. The fourth-order valence-electron chi connectivity index (χ4n) is 3.37. The van der Waals surface area contributed by atoms with Crippen LogP contribution in [0.15, 0.2) is 24.3 Å². The number of amides is 1. The van der Waals surface area contributed by atoms with Gasteiger partial charge < -0.3 is 25.0 Å². The molecule has 0 bridgehead atoms. The second kappa shape index (κ2) is 7.26. The average molecular weight is 363 g/mol. The first kappa shape index (κ1) is 17.5. The van der Waals surface area contributed by atoms with Crippen molar-refractivity contribution in [2.75, 3.05) is 32.1 Å². The third-order valence-corrected chi connectivity index (χ3v) is 5.11. The third-order valence-electron chi connectivity index (χ3n) is 4.75. The van der Waals surface area contributed by atoms with Gasteiger partial charge >= 0.3 is 5.97 Å². The molecule has 25 heavy (non-hydrogen) atoms. The number of rotatable bonds is 4. The summed E-state index contributed by atoms with van der Waals surface area (Å²) in [6.45, 7) is 1.63. The van der Waals surface area contributed by atoms with Crippen LogP contribution < -0.4 is 10.1 Å². The number of para-hydroxylation sites is 2. The maximum absolute atomic E-state index is 12.1. The molecule has 2 aliphatic rings. The molecule has 0 radical (unpaired) electrons. The molecule has 0 aromatic heterocycles. The van der Waals surface area contributed by atoms with Crippen LogP contribution in [-0.4, -0.2) is 64.7 Å². The van der Waals surface area contributed by atoms with Crippen LogP contribution in [0.4, 0.5) is 5.69 Å². The van der Waals surface area contributed by atoms with Crippen molar-refractivity contribution in [1.29, 1.82) is 0 Å². The molecular formula is C17H21N3O4S. The minimum atomic E-state index is -0.904. The lowest BCUT2D eigenvalue weighted by Crippen LogP contribution is -2.41. The van der Waals surface area contributed by atoms with E-state index in [1.165, 1.54) is 0 Å². The van der Waals surface area contributed by atoms with Gasteiger partial charge in [0.05, 0.1) is 24.8 Å². The number of carbonyl (C=O) groups excluding carboxylic acids is 1. The molecule has 1 aromatic rings. The SMILES string of the molecule is COc1ccccc1NC(=S)N1CCC(N2CC(C(=O)O)CC2=O)C1. The predicted octanol–water partition coefficient (Wildman–Crippen LogP) is 1.40. The summed E-state index contributed by atoms with van der Waals surface area (Å²) < 4.78 is 5.31. The van der Waals surface area contributed by atoms with Gasteiger partial charge in [-0.2, -0.15) is 0 Å². The van der Waals surface area contributed by atoms with Crippen molar-refractivity contribution < 1.29 is 19.4 Å². The highest BCUT2D eigenvalue weighted by Crippen LogP contribution is 2.27. The van der Waals surface area contributed by atoms with Gasteiger partial charge in [0.1, 0.15) is 5.75 Å². The molecule has 7 nitrogen and oxygen atoms in total. The lowest BCUT2D eigenvalue weighted by molar-refractivity contribution is -0.141. The molecule has 0 saturated carbocycles. The highest BCUT2D eigenvalue weighted by molar-refractivity contribution is 7.80. The van der Waals surface area contributed by atoms with Crippen molar-refractivity contribution in [2.24, 2.45) is 5.92 Å². The Morgan fingerprint density at radius 2 is 2.12 bits per heavy atom. The zero-order chi connectivity index (χ0) is 18.0. The molecule has 2 fully saturated rings. The summed E-state index contributed by atoms with van der Waals surface area (Å²) in [6, 6.07) is 7.54. The second-order valence-corrected chi connectivity index (χ2v) is 6.69. The number of hydrogen-bond acceptors (Lipinski definition) is 4. The minimum Gasteiger partial charge on any atom is -0.495 e. The van der Waals surface area contributed by atoms with E-state index < -0.39 is 11.9 Å². The van der Waals surface area contributed by atoms with Crippen molar-refractivity contribution in [3.05, 3.63) is 24.3 Å². The Morgan fingerprint density at radius 3 is 2.80 bits per heavy atom. The fourth-order valence-corrected chi connectivity index (χ4v) is 3.65. The van der Waals surface area contributed by atoms with Crippen LogP contribution >= 0.6 is 12.2 Å². The van der Waals surface area contributed by atoms with E-state index in [-0.39, 0.29) is 18.4 Å². The van der Waals surface area contributed by atoms with Crippen molar-refractivity contribution >= 4 is 34.9 Å². The summed E-state index contributed by atoms with van der Waals surface area (Å²) in [5.74, 6) is -0.873. The Hall–Kier alpha value is -2.35. The molecule has 1 aromatic carbocycles. The lowest BCUT2D eigenvalue weighted by Gasteiger charge is -2.25. The third kappa shape index (κ3) is 3.68. The summed E-state index contributed by atoms with van der Waals surface area (Å²) >= 11 is 5.49. The number of hydrogen-bond donors (Lipinski definition) is 2. The zero-order valence-electron chi connectivity index (χ0n) is 14.0. The largest absolute Gasteiger partial charge is 0.495 e. The number of carboxylic acid groups (broad SMARTS) is 1. The van der Waals surface area contributed by atoms with E-state index in [0.717, 1.165) is 18.7 Å². The number of benzene rings is 1. The number of ether oxygens (including phenoxy) is 1. The number of thiocarbonyl (C=S) groups is 1. The Labute approximate surface area is 151 Å². The van der Waals surface area contributed by atoms with Crippen LogP contribution in [0.2, 0.25) is 0 Å². The van der Waals surface area contributed by atoms with Crippen molar-refractivity contribution in [3.63, 3.8) is 0 Å². The summed E-state index contributed by atoms with van der Waals surface area (Å²) in [5.41, 5.74) is 0.793. The highest BCUT2D eigenvalue weighted by Gasteiger charge is 2.40. The molecule has 2 atom stereocenters. The monoisotopic (exact) mass is 363 g/mol. The lowest BCUT2D eigenvalue weighted by atomic mass is 10.1. The molecule has 2 N–H and O–H groups in total. The quantitative estimate of drug-likeness (QED) is 0.783. The van der Waals surface area contributed by atoms with Crippen LogP contribution in [0, 0.1) is 5.92 Å². The van der Waals surface area contributed by atoms with Crippen LogP contribution in [-0.2, 0) is 9.59 Å². The van der Waals surface area contributed by atoms with Crippen molar-refractivity contribution in [3.8, 4) is 5.75 Å². The van der Waals surface area contributed by atoms with Gasteiger partial charge in [0.2, 0.25) is 5.91 Å². The van der Waals surface area contributed by atoms with E-state index in [9.17, 15) is 9.59 Å². The van der Waals surface area contributed by atoms with Crippen LogP contribution in [0.25, 0.3) is 0 Å². The first-order valence-corrected chi connectivity index (χ1v) is 8.61. The number of nitrogens with one attached hydrogen (secondary N) is 1. The number of methoxy groups -OCH3 is 1. The Morgan fingerprint density at radius 1 is 1.36 bits per heavy atom. The molecule has 2 saturated heterocycles. The fraction of sp³-hybridized carbons (Fsp3) is 0.471. The van der Waals surface area contributed by atoms with Gasteiger partial charge in [0.15, 0.2) is 5.11 Å². The number of likely N-dealkylation sites (tertiary alicyclic amines) is 2. The van der Waals surface area contributed by atoms with Gasteiger partial charge in [0, 0.05) is 26.1 Å². The Balaban J connectivity index is 1.60. The average Bonchev–Trinajstić information content (AvgIpc) is 3.22. The maximum Gasteiger partial charge on any atom is 0.308 e. The molecule has 134 valence electrons. The van der Waals surface area contributed by atoms with Gasteiger partial charge in [-0.1, -0.05) is 12.1 Å². The maximum atomic E-state index is 12.1. The van der Waals surface area contributed by atoms with Gasteiger partial charge in [-0.15, -0.1) is 0 Å². The van der Waals surface area contributed by atoms with E-state index in [1.54, 1.807) is 12.0 Å². The predicted molar refractivity (Wildman–Crippen MR) is 96.6 cm³/mol. The summed E-state index contributed by atoms with van der Waals surface area (Å²) in [5, 5.41) is 12.9. The van der Waals surface area contributed by atoms with Gasteiger partial charge in [-0.25, -0.2) is 0 Å². The molecular weight excluding hydrogens is 342 g/mol. The first-order valence-electron chi connectivity index (χ1n) is 8.21. The van der Waals surface area contributed by atoms with Crippen molar-refractivity contribution in [2.45, 2.75) is 18.9 Å². The number of carbonyl (C=O) groups is 2. The number of aliphatic carboxylic acids is 1. The number of nitrogens with zero attached hydrogens (tertiary/aromatic N) is 2. The summed E-state index contributed by atoms with van der Waals surface area (Å²) in [6.07, 6.45) is 0.877. The molecule has 3 rings (SSSR count). The number of carboxylic acids is 1. The molecule has 2 unspecified atom stereocenters. The molecule has 1 amide bonds. The zero-order valence-corrected chi connectivity index (χ0v) is 14.8. The smallest absolute Gasteiger partial charge is 0.308 e. The Kier molecular flexibility index (Phi) is 5.08. The standard InChI is InChI=1S/C17H21N3O4S/c1-24-14-5-3-2-4-13(14)18-17(25)19-7-6-12(10-19)20-9-11(16(22)23)8-15(20)21/h2-5,11-12H,6-10H2,1H3,(H,18,25)(H,22,23). The Bertz CT molecular complexity index is 696. The molecule has 2 aliphatic heterocycles. The second-order valence-electron chi connectivity index (χ2n) is 6.30. The molecule has 0 aliphatic carbocycles. The van der Waals surface area contributed by atoms with E-state index in [2.05, 4.69) is 5.32 Å². The first-order chi connectivity index (χ1) is 12.0. The summed E-state index contributed by atoms with van der Waals surface area (Å²) in [4.78, 5) is 26.9. The van der Waals surface area contributed by atoms with E-state index >= 15 is 0 Å². The van der Waals surface area contributed by atoms with E-state index in [1.807, 2.05) is 29.2 Å². The van der Waals surface area contributed by atoms with Gasteiger partial charge in [0.25, 0.3) is 0 Å². The number of anilines is 1. The topological polar surface area (TPSA) is 82.1 Å². The van der Waals surface area contributed by atoms with Crippen LogP contribution in [0.5, 0.6) is 5.75 Å². The van der Waals surface area contributed by atoms with E-state index in [4.69, 9.17) is 22.1 Å². The minimum absolute atomic E-state index is 0.00858.